The van der Waals surface area contributed by atoms with Crippen LogP contribution >= 0.6 is 0 Å². The van der Waals surface area contributed by atoms with Gasteiger partial charge >= 0.3 is 0 Å². The molecule has 2 heterocycles. The Bertz CT molecular complexity index is 464. The van der Waals surface area contributed by atoms with Gasteiger partial charge in [-0.1, -0.05) is 37.6 Å². The molecule has 2 N–H and O–H groups in total. The van der Waals surface area contributed by atoms with E-state index < -0.39 is 17.3 Å². The highest BCUT2D eigenvalue weighted by Crippen LogP contribution is 2.40. The fourth-order valence-corrected chi connectivity index (χ4v) is 3.85. The Morgan fingerprint density at radius 3 is 2.57 bits per heavy atom. The van der Waals surface area contributed by atoms with E-state index in [0.717, 1.165) is 19.3 Å². The summed E-state index contributed by atoms with van der Waals surface area (Å²) < 4.78 is 6.44. The van der Waals surface area contributed by atoms with E-state index in [4.69, 9.17) is 4.74 Å². The number of rotatable bonds is 1. The Kier molecular flexibility index (Phi) is 5.76. The summed E-state index contributed by atoms with van der Waals surface area (Å²) in [7, 11) is 0. The molecule has 2 bridgehead atoms. The standard InChI is InChI=1S/C20H34O3/c1-14(2)16-8-12-20(5)18(21)9-11-19(4,22)10-6-7-15(3)13-17(16)23-20/h6,10,13-14,16-18,21-22H,7-9,11-12H2,1-5H3/b10-6-,15-13-/t16-,17+,18+,19+,20+/m1/s1. The van der Waals surface area contributed by atoms with Gasteiger partial charge in [0.1, 0.15) is 0 Å². The molecule has 1 saturated heterocycles. The number of hydrogen-bond donors (Lipinski definition) is 2. The summed E-state index contributed by atoms with van der Waals surface area (Å²) in [6.45, 7) is 10.5. The summed E-state index contributed by atoms with van der Waals surface area (Å²) in [5.41, 5.74) is -0.135. The van der Waals surface area contributed by atoms with Crippen LogP contribution in [0.25, 0.3) is 0 Å². The molecule has 0 saturated carbocycles. The molecule has 2 aliphatic rings. The first-order valence-corrected chi connectivity index (χ1v) is 9.06. The van der Waals surface area contributed by atoms with Crippen molar-refractivity contribution < 1.29 is 14.9 Å². The van der Waals surface area contributed by atoms with Crippen molar-refractivity contribution >= 4 is 0 Å². The fourth-order valence-electron chi connectivity index (χ4n) is 3.85. The van der Waals surface area contributed by atoms with Crippen molar-refractivity contribution in [1.82, 2.24) is 0 Å². The normalized spacial score (nSPS) is 46.4. The largest absolute Gasteiger partial charge is 0.390 e. The van der Waals surface area contributed by atoms with Crippen molar-refractivity contribution in [1.29, 1.82) is 0 Å². The molecular weight excluding hydrogens is 288 g/mol. The smallest absolute Gasteiger partial charge is 0.0920 e. The lowest BCUT2D eigenvalue weighted by Crippen LogP contribution is -2.51. The number of aliphatic hydroxyl groups excluding tert-OH is 1. The molecule has 3 heteroatoms. The number of fused-ring (bicyclic) bond motifs is 2. The van der Waals surface area contributed by atoms with Gasteiger partial charge in [-0.3, -0.25) is 0 Å². The first kappa shape index (κ1) is 18.7. The van der Waals surface area contributed by atoms with Crippen LogP contribution in [0.3, 0.4) is 0 Å². The topological polar surface area (TPSA) is 49.7 Å². The van der Waals surface area contributed by atoms with Gasteiger partial charge in [-0.2, -0.15) is 0 Å². The summed E-state index contributed by atoms with van der Waals surface area (Å²) in [6, 6.07) is 0. The van der Waals surface area contributed by atoms with Crippen LogP contribution in [-0.2, 0) is 4.74 Å². The summed E-state index contributed by atoms with van der Waals surface area (Å²) in [5, 5.41) is 21.1. The van der Waals surface area contributed by atoms with Crippen molar-refractivity contribution in [3.8, 4) is 0 Å². The average molecular weight is 322 g/mol. The number of ether oxygens (including phenoxy) is 1. The minimum atomic E-state index is -0.870. The van der Waals surface area contributed by atoms with Crippen molar-refractivity contribution in [2.75, 3.05) is 0 Å². The maximum atomic E-state index is 10.7. The van der Waals surface area contributed by atoms with Crippen LogP contribution < -0.4 is 0 Å². The van der Waals surface area contributed by atoms with Crippen molar-refractivity contribution in [2.24, 2.45) is 11.8 Å². The molecule has 0 unspecified atom stereocenters. The van der Waals surface area contributed by atoms with Gasteiger partial charge in [0, 0.05) is 0 Å². The van der Waals surface area contributed by atoms with Crippen molar-refractivity contribution in [2.45, 2.75) is 90.1 Å². The monoisotopic (exact) mass is 322 g/mol. The lowest BCUT2D eigenvalue weighted by atomic mass is 9.76. The maximum absolute atomic E-state index is 10.7. The zero-order chi connectivity index (χ0) is 17.3. The van der Waals surface area contributed by atoms with Crippen LogP contribution in [0.5, 0.6) is 0 Å². The number of aliphatic hydroxyl groups is 2. The van der Waals surface area contributed by atoms with E-state index in [1.807, 2.05) is 26.0 Å². The predicted octanol–water partition coefficient (Wildman–Crippen LogP) is 3.99. The van der Waals surface area contributed by atoms with E-state index in [1.165, 1.54) is 5.57 Å². The average Bonchev–Trinajstić information content (AvgIpc) is 2.43. The van der Waals surface area contributed by atoms with E-state index in [9.17, 15) is 10.2 Å². The molecule has 23 heavy (non-hydrogen) atoms. The Hall–Kier alpha value is -0.640. The van der Waals surface area contributed by atoms with Gasteiger partial charge in [0.25, 0.3) is 0 Å². The zero-order valence-corrected chi connectivity index (χ0v) is 15.4. The molecule has 0 radical (unpaired) electrons. The van der Waals surface area contributed by atoms with Gasteiger partial charge in [-0.25, -0.2) is 0 Å². The van der Waals surface area contributed by atoms with Crippen molar-refractivity contribution in [3.05, 3.63) is 23.8 Å². The van der Waals surface area contributed by atoms with E-state index in [2.05, 4.69) is 26.8 Å². The predicted molar refractivity (Wildman–Crippen MR) is 94.2 cm³/mol. The van der Waals surface area contributed by atoms with Crippen LogP contribution in [0.1, 0.15) is 66.7 Å². The first-order chi connectivity index (χ1) is 10.6. The van der Waals surface area contributed by atoms with E-state index >= 15 is 0 Å². The molecule has 132 valence electrons. The molecule has 0 spiro atoms. The van der Waals surface area contributed by atoms with Gasteiger partial charge < -0.3 is 14.9 Å². The van der Waals surface area contributed by atoms with E-state index in [-0.39, 0.29) is 6.10 Å². The second kappa shape index (κ2) is 7.08. The fraction of sp³-hybridized carbons (Fsp3) is 0.800. The summed E-state index contributed by atoms with van der Waals surface area (Å²) in [4.78, 5) is 0. The molecular formula is C20H34O3. The molecule has 3 nitrogen and oxygen atoms in total. The maximum Gasteiger partial charge on any atom is 0.0920 e. The molecule has 0 amide bonds. The van der Waals surface area contributed by atoms with Crippen LogP contribution in [0, 0.1) is 11.8 Å². The molecule has 0 aromatic heterocycles. The van der Waals surface area contributed by atoms with Gasteiger partial charge in [-0.15, -0.1) is 0 Å². The molecule has 0 aliphatic carbocycles. The third kappa shape index (κ3) is 4.68. The van der Waals surface area contributed by atoms with Crippen molar-refractivity contribution in [3.63, 3.8) is 0 Å². The molecule has 0 aromatic carbocycles. The van der Waals surface area contributed by atoms with Crippen LogP contribution in [0.15, 0.2) is 23.8 Å². The summed E-state index contributed by atoms with van der Waals surface area (Å²) in [6.07, 6.45) is 9.53. The minimum absolute atomic E-state index is 0.0664. The van der Waals surface area contributed by atoms with Gasteiger partial charge in [0.2, 0.25) is 0 Å². The van der Waals surface area contributed by atoms with Crippen LogP contribution in [0.2, 0.25) is 0 Å². The Morgan fingerprint density at radius 1 is 1.22 bits per heavy atom. The third-order valence-electron chi connectivity index (χ3n) is 5.65. The molecule has 1 fully saturated rings. The second-order valence-corrected chi connectivity index (χ2v) is 8.37. The van der Waals surface area contributed by atoms with Gasteiger partial charge in [0.15, 0.2) is 0 Å². The van der Waals surface area contributed by atoms with Crippen LogP contribution in [0.4, 0.5) is 0 Å². The van der Waals surface area contributed by atoms with E-state index in [1.54, 1.807) is 0 Å². The third-order valence-corrected chi connectivity index (χ3v) is 5.65. The second-order valence-electron chi connectivity index (χ2n) is 8.37. The Morgan fingerprint density at radius 2 is 1.91 bits per heavy atom. The highest BCUT2D eigenvalue weighted by Gasteiger charge is 2.43. The lowest BCUT2D eigenvalue weighted by molar-refractivity contribution is -0.185. The van der Waals surface area contributed by atoms with Crippen LogP contribution in [-0.4, -0.2) is 33.6 Å². The highest BCUT2D eigenvalue weighted by molar-refractivity contribution is 5.13. The summed E-state index contributed by atoms with van der Waals surface area (Å²) in [5.74, 6) is 1.06. The quantitative estimate of drug-likeness (QED) is 0.718. The SMILES string of the molecule is C/C1=C/[C@@H]2O[C@@](C)(CC[C@@H]2C(C)C)[C@@H](O)CC[C@@](C)(O)/C=C\C1. The van der Waals surface area contributed by atoms with Gasteiger partial charge in [-0.05, 0) is 64.7 Å². The summed E-state index contributed by atoms with van der Waals surface area (Å²) >= 11 is 0. The first-order valence-electron chi connectivity index (χ1n) is 9.06. The molecule has 5 atom stereocenters. The van der Waals surface area contributed by atoms with E-state index in [0.29, 0.717) is 24.7 Å². The molecule has 2 rings (SSSR count). The Balaban J connectivity index is 2.32. The van der Waals surface area contributed by atoms with Gasteiger partial charge in [0.05, 0.1) is 23.4 Å². The number of allylic oxidation sites excluding steroid dienone is 2. The number of hydrogen-bond acceptors (Lipinski definition) is 3. The molecule has 0 aromatic rings. The minimum Gasteiger partial charge on any atom is -0.390 e. The molecule has 2 aliphatic heterocycles. The highest BCUT2D eigenvalue weighted by atomic mass is 16.5. The lowest BCUT2D eigenvalue weighted by Gasteiger charge is -2.46. The Labute approximate surface area is 141 Å². The zero-order valence-electron chi connectivity index (χ0n) is 15.4.